The van der Waals surface area contributed by atoms with Crippen LogP contribution in [0.4, 0.5) is 4.79 Å². The molecule has 0 heterocycles. The third-order valence-electron chi connectivity index (χ3n) is 1.99. The Hall–Kier alpha value is -1.72. The quantitative estimate of drug-likeness (QED) is 0.674. The molecule has 0 aromatic rings. The summed E-state index contributed by atoms with van der Waals surface area (Å²) in [6.07, 6.45) is -0.143. The third-order valence-corrected chi connectivity index (χ3v) is 1.99. The predicted molar refractivity (Wildman–Crippen MR) is 67.9 cm³/mol. The zero-order chi connectivity index (χ0) is 14.3. The number of hydrogen-bond acceptors (Lipinski definition) is 4. The van der Waals surface area contributed by atoms with Gasteiger partial charge in [0.15, 0.2) is 0 Å². The normalized spacial score (nSPS) is 12.4. The van der Waals surface area contributed by atoms with Crippen LogP contribution in [0.3, 0.4) is 0 Å². The first-order valence-corrected chi connectivity index (χ1v) is 5.77. The van der Waals surface area contributed by atoms with Crippen molar-refractivity contribution in [3.8, 4) is 0 Å². The first kappa shape index (κ1) is 16.3. The number of carboxylic acids is 1. The summed E-state index contributed by atoms with van der Waals surface area (Å²) in [5.41, 5.74) is -0.567. The minimum absolute atomic E-state index is 0.293. The average Bonchev–Trinajstić information content (AvgIpc) is 2.13. The van der Waals surface area contributed by atoms with Crippen molar-refractivity contribution in [3.63, 3.8) is 0 Å². The predicted octanol–water partition coefficient (Wildman–Crippen LogP) is 1.68. The van der Waals surface area contributed by atoms with Crippen LogP contribution in [0.25, 0.3) is 0 Å². The summed E-state index contributed by atoms with van der Waals surface area (Å²) in [6, 6.07) is 0. The number of hydrogen-bond donors (Lipinski definition) is 3. The van der Waals surface area contributed by atoms with Crippen molar-refractivity contribution in [2.75, 3.05) is 6.54 Å². The molecule has 0 saturated carbocycles. The van der Waals surface area contributed by atoms with Crippen LogP contribution in [-0.2, 0) is 9.53 Å². The van der Waals surface area contributed by atoms with Gasteiger partial charge in [0, 0.05) is 6.54 Å². The largest absolute Gasteiger partial charge is 0.481 e. The van der Waals surface area contributed by atoms with Gasteiger partial charge in [-0.05, 0) is 27.2 Å². The second kappa shape index (κ2) is 6.88. The van der Waals surface area contributed by atoms with Crippen molar-refractivity contribution >= 4 is 12.1 Å². The molecule has 0 spiro atoms. The minimum Gasteiger partial charge on any atom is -0.481 e. The molecule has 1 unspecified atom stereocenters. The molecule has 104 valence electrons. The second-order valence-corrected chi connectivity index (χ2v) is 5.06. The molecule has 0 aliphatic heterocycles. The summed E-state index contributed by atoms with van der Waals surface area (Å²) in [6.45, 7) is 10.9. The minimum atomic E-state index is -0.845. The van der Waals surface area contributed by atoms with E-state index in [0.717, 1.165) is 0 Å². The van der Waals surface area contributed by atoms with Crippen molar-refractivity contribution in [1.29, 1.82) is 0 Å². The summed E-state index contributed by atoms with van der Waals surface area (Å²) in [4.78, 5) is 21.9. The lowest BCUT2D eigenvalue weighted by Crippen LogP contribution is -2.36. The van der Waals surface area contributed by atoms with E-state index in [1.54, 1.807) is 27.7 Å². The number of carbonyl (C=O) groups excluding carboxylic acids is 1. The van der Waals surface area contributed by atoms with Crippen molar-refractivity contribution < 1.29 is 19.4 Å². The molecule has 3 N–H and O–H groups in total. The van der Waals surface area contributed by atoms with Gasteiger partial charge < -0.3 is 15.2 Å². The maximum absolute atomic E-state index is 11.3. The van der Waals surface area contributed by atoms with Gasteiger partial charge >= 0.3 is 12.1 Å². The Labute approximate surface area is 107 Å². The van der Waals surface area contributed by atoms with Crippen molar-refractivity contribution in [2.45, 2.75) is 39.7 Å². The highest BCUT2D eigenvalue weighted by Gasteiger charge is 2.16. The number of ether oxygens (including phenoxy) is 1. The molecule has 0 aliphatic carbocycles. The van der Waals surface area contributed by atoms with Crippen LogP contribution in [-0.4, -0.2) is 29.3 Å². The molecular formula is C12H22N2O4. The Kier molecular flexibility index (Phi) is 6.22. The molecule has 0 aromatic heterocycles. The molecule has 6 nitrogen and oxygen atoms in total. The Morgan fingerprint density at radius 2 is 1.94 bits per heavy atom. The van der Waals surface area contributed by atoms with Crippen LogP contribution < -0.4 is 10.6 Å². The molecule has 6 heteroatoms. The van der Waals surface area contributed by atoms with E-state index in [2.05, 4.69) is 17.2 Å². The van der Waals surface area contributed by atoms with Gasteiger partial charge in [-0.1, -0.05) is 13.5 Å². The van der Waals surface area contributed by atoms with Crippen LogP contribution in [0.5, 0.6) is 0 Å². The Bertz CT molecular complexity index is 321. The number of alkyl carbamates (subject to hydrolysis) is 1. The van der Waals surface area contributed by atoms with Gasteiger partial charge in [0.2, 0.25) is 0 Å². The molecule has 1 atom stereocenters. The molecule has 0 rings (SSSR count). The van der Waals surface area contributed by atoms with E-state index in [0.29, 0.717) is 18.8 Å². The Balaban J connectivity index is 3.85. The van der Waals surface area contributed by atoms with Gasteiger partial charge in [-0.25, -0.2) is 4.79 Å². The van der Waals surface area contributed by atoms with Crippen LogP contribution >= 0.6 is 0 Å². The molecule has 0 fully saturated rings. The van der Waals surface area contributed by atoms with Crippen molar-refractivity contribution in [2.24, 2.45) is 5.92 Å². The number of amides is 1. The van der Waals surface area contributed by atoms with E-state index in [-0.39, 0.29) is 0 Å². The summed E-state index contributed by atoms with van der Waals surface area (Å²) in [7, 11) is 0. The van der Waals surface area contributed by atoms with E-state index in [9.17, 15) is 9.59 Å². The molecule has 0 bridgehead atoms. The lowest BCUT2D eigenvalue weighted by Gasteiger charge is -2.20. The van der Waals surface area contributed by atoms with E-state index >= 15 is 0 Å². The number of carboxylic acid groups (broad SMARTS) is 1. The standard InChI is InChI=1S/C12H22N2O4/c1-8(10(15)16)6-7-13-9(2)14-11(17)18-12(3,4)5/h8,13H,2,6-7H2,1,3-5H3,(H,14,17)(H,15,16). The molecular weight excluding hydrogens is 236 g/mol. The highest BCUT2D eigenvalue weighted by Crippen LogP contribution is 2.06. The SMILES string of the molecule is C=C(NCCC(C)C(=O)O)NC(=O)OC(C)(C)C. The molecule has 0 aromatic carbocycles. The van der Waals surface area contributed by atoms with E-state index < -0.39 is 23.6 Å². The van der Waals surface area contributed by atoms with Gasteiger partial charge in [-0.15, -0.1) is 0 Å². The van der Waals surface area contributed by atoms with Crippen LogP contribution in [0.2, 0.25) is 0 Å². The van der Waals surface area contributed by atoms with Crippen LogP contribution in [0.15, 0.2) is 12.4 Å². The zero-order valence-electron chi connectivity index (χ0n) is 11.4. The van der Waals surface area contributed by atoms with Gasteiger partial charge in [-0.2, -0.15) is 0 Å². The molecule has 18 heavy (non-hydrogen) atoms. The zero-order valence-corrected chi connectivity index (χ0v) is 11.4. The molecule has 0 aliphatic rings. The topological polar surface area (TPSA) is 87.7 Å². The summed E-state index contributed by atoms with van der Waals surface area (Å²) in [5, 5.41) is 13.9. The smallest absolute Gasteiger partial charge is 0.413 e. The first-order chi connectivity index (χ1) is 8.11. The van der Waals surface area contributed by atoms with Gasteiger partial charge in [-0.3, -0.25) is 10.1 Å². The Morgan fingerprint density at radius 3 is 2.39 bits per heavy atom. The maximum atomic E-state index is 11.3. The number of carbonyl (C=O) groups is 2. The van der Waals surface area contributed by atoms with E-state index in [4.69, 9.17) is 9.84 Å². The van der Waals surface area contributed by atoms with Gasteiger partial charge in [0.1, 0.15) is 11.4 Å². The third kappa shape index (κ3) is 8.43. The van der Waals surface area contributed by atoms with Crippen molar-refractivity contribution in [1.82, 2.24) is 10.6 Å². The molecule has 0 radical (unpaired) electrons. The van der Waals surface area contributed by atoms with Crippen LogP contribution in [0, 0.1) is 5.92 Å². The number of nitrogens with one attached hydrogen (secondary N) is 2. The molecule has 0 saturated heterocycles. The number of rotatable bonds is 6. The average molecular weight is 258 g/mol. The lowest BCUT2D eigenvalue weighted by molar-refractivity contribution is -0.141. The van der Waals surface area contributed by atoms with Gasteiger partial charge in [0.05, 0.1) is 5.92 Å². The van der Waals surface area contributed by atoms with Gasteiger partial charge in [0.25, 0.3) is 0 Å². The van der Waals surface area contributed by atoms with E-state index in [1.807, 2.05) is 0 Å². The summed E-state index contributed by atoms with van der Waals surface area (Å²) < 4.78 is 5.03. The van der Waals surface area contributed by atoms with E-state index in [1.165, 1.54) is 0 Å². The second-order valence-electron chi connectivity index (χ2n) is 5.06. The fourth-order valence-corrected chi connectivity index (χ4v) is 1.03. The maximum Gasteiger partial charge on any atom is 0.413 e. The summed E-state index contributed by atoms with van der Waals surface area (Å²) in [5.74, 6) is -0.990. The van der Waals surface area contributed by atoms with Crippen molar-refractivity contribution in [3.05, 3.63) is 12.4 Å². The molecule has 1 amide bonds. The van der Waals surface area contributed by atoms with Crippen LogP contribution in [0.1, 0.15) is 34.1 Å². The lowest BCUT2D eigenvalue weighted by atomic mass is 10.1. The summed E-state index contributed by atoms with van der Waals surface area (Å²) >= 11 is 0. The fraction of sp³-hybridized carbons (Fsp3) is 0.667. The highest BCUT2D eigenvalue weighted by molar-refractivity contribution is 5.70. The monoisotopic (exact) mass is 258 g/mol. The Morgan fingerprint density at radius 1 is 1.39 bits per heavy atom. The fourth-order valence-electron chi connectivity index (χ4n) is 1.03. The number of aliphatic carboxylic acids is 1. The highest BCUT2D eigenvalue weighted by atomic mass is 16.6. The first-order valence-electron chi connectivity index (χ1n) is 5.77.